The number of carbonyl (C=O) groups excluding carboxylic acids is 10. The van der Waals surface area contributed by atoms with Gasteiger partial charge in [-0.15, -0.1) is 0 Å². The molecule has 0 unspecified atom stereocenters. The first kappa shape index (κ1) is 113. The molecule has 0 bridgehead atoms. The van der Waals surface area contributed by atoms with Gasteiger partial charge in [0, 0.05) is 75.4 Å². The first-order chi connectivity index (χ1) is 68.2. The van der Waals surface area contributed by atoms with Crippen LogP contribution in [0, 0.1) is 89.0 Å². The van der Waals surface area contributed by atoms with Crippen LogP contribution in [0.5, 0.6) is 57.5 Å². The van der Waals surface area contributed by atoms with Crippen LogP contribution in [-0.2, 0) is 57.9 Å². The number of ether oxygens (including phenoxy) is 12. The number of aryl methyl sites for hydroxylation is 8. The largest absolute Gasteiger partial charge is 0.496 e. The predicted octanol–water partition coefficient (Wildman–Crippen LogP) is 20.5. The number of carbonyl (C=O) groups is 10. The van der Waals surface area contributed by atoms with Crippen LogP contribution in [-0.4, -0.2) is 146 Å². The molecule has 33 heteroatoms. The van der Waals surface area contributed by atoms with Gasteiger partial charge in [0.05, 0.1) is 66.8 Å². The van der Waals surface area contributed by atoms with Crippen LogP contribution >= 0.6 is 0 Å². The molecule has 4 aliphatic rings. The third-order valence-corrected chi connectivity index (χ3v) is 26.0. The predicted molar refractivity (Wildman–Crippen MR) is 557 cm³/mol. The van der Waals surface area contributed by atoms with Crippen molar-refractivity contribution in [2.75, 3.05) is 68.8 Å². The highest BCUT2D eigenvalue weighted by atomic mass is 32.2. The van der Waals surface area contributed by atoms with E-state index in [0.717, 1.165) is 77.9 Å². The lowest BCUT2D eigenvalue weighted by atomic mass is 9.87. The molecule has 0 radical (unpaired) electrons. The fourth-order valence-electron chi connectivity index (χ4n) is 16.2. The lowest BCUT2D eigenvalue weighted by molar-refractivity contribution is -0.138. The molecule has 0 aliphatic carbocycles. The number of hydrogen-bond donors (Lipinski definition) is 3. The number of nitrogens with zero attached hydrogens (tertiary/aromatic N) is 4. The highest BCUT2D eigenvalue weighted by molar-refractivity contribution is 7.87. The Morgan fingerprint density at radius 3 is 0.932 bits per heavy atom. The zero-order valence-corrected chi connectivity index (χ0v) is 89.6. The first-order valence-electron chi connectivity index (χ1n) is 47.1. The topological polar surface area (TPSA) is 374 Å². The highest BCUT2D eigenvalue weighted by Crippen LogP contribution is 2.51. The number of β-lactam (4-membered cyclic amide) rings is 4. The second-order valence-corrected chi connectivity index (χ2v) is 40.9. The molecule has 3 N–H and O–H groups in total. The van der Waals surface area contributed by atoms with E-state index < -0.39 is 99.4 Å². The van der Waals surface area contributed by atoms with Gasteiger partial charge in [0.25, 0.3) is 23.6 Å². The third kappa shape index (κ3) is 25.8. The SMILES string of the molecule is C=C1C(=O)N(c2cc(C)c(C)c(OC)c2)[C@H]1c1ccc(C)c(OC(=O)CNC(=O)OC(C)(C)C)c1.C=C1C(=O)N(c2cc(C)c(C)c(OC)c2)[C@H]1c1ccc(C)c(OC(=O)[C@@H](NC(=O)OC(C)(C)C)C(C)C)c1.C=C1C(=O)N(c2cc(C)c(C)c(OC)c2)[C@H]1c1ccc(C)c(OC(=O)[C@H](C)NC(=O)OC(C)(C)C)c1.C=C1C(=O)N(c2cc(C)c(C)c(OC)c2)[C@H]1c1ccc(C)c(OS(=O)(=O)c2ccc(OC)c(OC)c2)c1. The maximum Gasteiger partial charge on any atom is 0.408 e. The Labute approximate surface area is 854 Å². The van der Waals surface area contributed by atoms with Crippen molar-refractivity contribution in [3.8, 4) is 57.5 Å². The summed E-state index contributed by atoms with van der Waals surface area (Å²) in [5, 5.41) is 7.49. The lowest BCUT2D eigenvalue weighted by Gasteiger charge is -2.43. The molecule has 0 aromatic heterocycles. The molecule has 13 rings (SSSR count). The fourth-order valence-corrected chi connectivity index (χ4v) is 17.2. The molecular formula is C113H133N7O25S. The molecule has 146 heavy (non-hydrogen) atoms. The number of anilines is 4. The van der Waals surface area contributed by atoms with E-state index in [1.807, 2.05) is 174 Å². The van der Waals surface area contributed by atoms with Crippen LogP contribution in [0.25, 0.3) is 0 Å². The average Bonchev–Trinajstić information content (AvgIpc) is 0.753. The first-order valence-corrected chi connectivity index (χ1v) is 48.5. The fraction of sp³-hybridized carbons (Fsp3) is 0.363. The van der Waals surface area contributed by atoms with Crippen LogP contribution < -0.4 is 82.4 Å². The summed E-state index contributed by atoms with van der Waals surface area (Å²) >= 11 is 0. The van der Waals surface area contributed by atoms with Gasteiger partial charge in [-0.25, -0.2) is 28.8 Å². The minimum absolute atomic E-state index is 0.0814. The number of rotatable bonds is 27. The van der Waals surface area contributed by atoms with E-state index in [0.29, 0.717) is 102 Å². The molecule has 776 valence electrons. The van der Waals surface area contributed by atoms with Gasteiger partial charge in [-0.2, -0.15) is 8.42 Å². The van der Waals surface area contributed by atoms with E-state index in [1.165, 1.54) is 39.3 Å². The van der Waals surface area contributed by atoms with Gasteiger partial charge in [0.2, 0.25) is 0 Å². The number of alkyl carbamates (subject to hydrolysis) is 3. The zero-order chi connectivity index (χ0) is 109. The molecule has 6 atom stereocenters. The number of methoxy groups -OCH3 is 6. The van der Waals surface area contributed by atoms with Crippen LogP contribution in [0.4, 0.5) is 37.1 Å². The molecule has 9 aromatic carbocycles. The Hall–Kier alpha value is -15.4. The molecule has 4 fully saturated rings. The minimum Gasteiger partial charge on any atom is -0.496 e. The zero-order valence-electron chi connectivity index (χ0n) is 88.8. The Kier molecular flexibility index (Phi) is 35.2. The number of hydrogen-bond acceptors (Lipinski definition) is 25. The van der Waals surface area contributed by atoms with Crippen molar-refractivity contribution in [2.45, 2.75) is 224 Å². The summed E-state index contributed by atoms with van der Waals surface area (Å²) in [4.78, 5) is 132. The van der Waals surface area contributed by atoms with Gasteiger partial charge in [-0.05, 0) is 308 Å². The van der Waals surface area contributed by atoms with Crippen molar-refractivity contribution in [3.05, 3.63) is 277 Å². The smallest absolute Gasteiger partial charge is 0.408 e. The Morgan fingerprint density at radius 2 is 0.623 bits per heavy atom. The van der Waals surface area contributed by atoms with Crippen molar-refractivity contribution in [2.24, 2.45) is 5.92 Å². The Balaban J connectivity index is 0.000000200. The van der Waals surface area contributed by atoms with Crippen molar-refractivity contribution >= 4 is 92.7 Å². The number of nitrogens with one attached hydrogen (secondary N) is 3. The number of benzene rings is 9. The maximum absolute atomic E-state index is 13.1. The van der Waals surface area contributed by atoms with E-state index in [1.54, 1.807) is 155 Å². The monoisotopic (exact) mass is 2020 g/mol. The summed E-state index contributed by atoms with van der Waals surface area (Å²) in [6, 6.07) is 37.2. The van der Waals surface area contributed by atoms with E-state index in [4.69, 9.17) is 61.0 Å². The van der Waals surface area contributed by atoms with Gasteiger partial charge in [-0.1, -0.05) is 88.7 Å². The molecule has 4 saturated heterocycles. The van der Waals surface area contributed by atoms with E-state index >= 15 is 0 Å². The molecule has 32 nitrogen and oxygen atoms in total. The van der Waals surface area contributed by atoms with Gasteiger partial charge in [0.1, 0.15) is 86.3 Å². The summed E-state index contributed by atoms with van der Waals surface area (Å²) in [6.45, 7) is 59.2. The van der Waals surface area contributed by atoms with Crippen molar-refractivity contribution < 1.29 is 117 Å². The second-order valence-electron chi connectivity index (χ2n) is 39.3. The summed E-state index contributed by atoms with van der Waals surface area (Å²) in [5.74, 6) is 1.70. The van der Waals surface area contributed by atoms with Gasteiger partial charge in [-0.3, -0.25) is 38.8 Å². The standard InChI is InChI=1S/C30H38N2O6.C28H34N2O6.C28H29NO7S.C27H32N2O6/c1-16(2)25(31-29(35)38-30(7,8)9)28(34)37-23-14-21(12-11-17(23)3)26-20(6)27(33)32(26)22-13-18(4)19(5)24(15-22)36-10;1-15-10-11-20(13-22(15)35-26(32)19(5)29-27(33)36-28(6,7)8)24-18(4)25(31)30(24)21-12-16(2)17(3)23(14-21)34-9;1-16-8-9-20(13-24(16)36-37(31,32)22-10-11-23(33-5)26(15-22)35-7)27-19(4)28(30)29(27)21-12-17(2)18(3)25(14-21)34-6;1-15-9-10-19(12-21(15)34-23(30)14-28-26(32)35-27(5,6)7)24-18(4)25(31)29(24)20-11-16(2)17(3)22(13-20)33-8/h11-16,25-26H,6H2,1-5,7-10H3,(H,31,35);10-14,19,24H,4H2,1-3,5-9H3,(H,29,33);8-15,27H,4H2,1-3,5-7H3;9-13,24H,4,14H2,1-3,5-8H3,(H,28,32)/t25-,26+;19-,24+;27-;24-/m0011/s1. The Morgan fingerprint density at radius 1 is 0.336 bits per heavy atom. The van der Waals surface area contributed by atoms with Crippen LogP contribution in [0.3, 0.4) is 0 Å². The molecule has 4 aliphatic heterocycles. The Bertz CT molecular complexity index is 6810. The van der Waals surface area contributed by atoms with Crippen molar-refractivity contribution in [1.82, 2.24) is 16.0 Å². The van der Waals surface area contributed by atoms with Gasteiger partial charge in [0.15, 0.2) is 11.5 Å². The van der Waals surface area contributed by atoms with E-state index in [-0.39, 0.29) is 52.5 Å². The molecule has 0 saturated carbocycles. The maximum atomic E-state index is 13.1. The summed E-state index contributed by atoms with van der Waals surface area (Å²) in [6.07, 6.45) is -2.10. The quantitative estimate of drug-likeness (QED) is 0.0107. The minimum atomic E-state index is -4.19. The van der Waals surface area contributed by atoms with Crippen LogP contribution in [0.15, 0.2) is 193 Å². The number of esters is 3. The van der Waals surface area contributed by atoms with Crippen LogP contribution in [0.2, 0.25) is 0 Å². The lowest BCUT2D eigenvalue weighted by Crippen LogP contribution is -2.49. The normalized spacial score (nSPS) is 15.8. The van der Waals surface area contributed by atoms with E-state index in [9.17, 15) is 56.4 Å². The summed E-state index contributed by atoms with van der Waals surface area (Å²) in [7, 11) is 5.08. The summed E-state index contributed by atoms with van der Waals surface area (Å²) in [5.41, 5.74) is 16.1. The molecule has 0 spiro atoms. The highest BCUT2D eigenvalue weighted by Gasteiger charge is 2.48. The summed E-state index contributed by atoms with van der Waals surface area (Å²) < 4.78 is 96.7. The van der Waals surface area contributed by atoms with Gasteiger partial charge >= 0.3 is 46.3 Å². The number of amides is 7. The van der Waals surface area contributed by atoms with Crippen molar-refractivity contribution in [3.63, 3.8) is 0 Å². The molecular weight excluding hydrogens is 1890 g/mol. The molecule has 4 heterocycles. The van der Waals surface area contributed by atoms with Crippen molar-refractivity contribution in [1.29, 1.82) is 0 Å². The second kappa shape index (κ2) is 45.7. The average molecular weight is 2020 g/mol. The van der Waals surface area contributed by atoms with E-state index in [2.05, 4.69) is 42.3 Å². The van der Waals surface area contributed by atoms with Crippen LogP contribution in [0.1, 0.15) is 196 Å². The third-order valence-electron chi connectivity index (χ3n) is 24.8. The van der Waals surface area contributed by atoms with Gasteiger partial charge < -0.3 is 77.0 Å². The molecule has 9 aromatic rings. The molecule has 7 amide bonds.